The first-order valence-corrected chi connectivity index (χ1v) is 18.0. The lowest BCUT2D eigenvalue weighted by molar-refractivity contribution is -0.153. The van der Waals surface area contributed by atoms with Crippen LogP contribution in [0.15, 0.2) is 96.2 Å². The van der Waals surface area contributed by atoms with Crippen LogP contribution in [-0.2, 0) is 39.4 Å². The molecule has 0 unspecified atom stereocenters. The maximum Gasteiger partial charge on any atom is 0.410 e. The van der Waals surface area contributed by atoms with Crippen molar-refractivity contribution in [3.63, 3.8) is 0 Å². The first kappa shape index (κ1) is 35.6. The van der Waals surface area contributed by atoms with Crippen molar-refractivity contribution in [3.8, 4) is 0 Å². The summed E-state index contributed by atoms with van der Waals surface area (Å²) in [5, 5.41) is 1.46. The highest BCUT2D eigenvalue weighted by Gasteiger charge is 2.58. The van der Waals surface area contributed by atoms with Gasteiger partial charge in [-0.1, -0.05) is 73.3 Å². The lowest BCUT2D eigenvalue weighted by atomic mass is 10.00. The summed E-state index contributed by atoms with van der Waals surface area (Å²) in [5.74, 6) is -1.95. The van der Waals surface area contributed by atoms with Crippen LogP contribution >= 0.6 is 0 Å². The Bertz CT molecular complexity index is 1780. The van der Waals surface area contributed by atoms with Crippen molar-refractivity contribution >= 4 is 40.8 Å². The minimum absolute atomic E-state index is 0.0897. The summed E-state index contributed by atoms with van der Waals surface area (Å²) in [6, 6.07) is 16.9. The van der Waals surface area contributed by atoms with E-state index in [1.54, 1.807) is 25.7 Å². The van der Waals surface area contributed by atoms with E-state index < -0.39 is 58.0 Å². The van der Waals surface area contributed by atoms with Gasteiger partial charge in [0, 0.05) is 25.2 Å². The number of hydrogen-bond donors (Lipinski definition) is 1. The first-order chi connectivity index (χ1) is 24.4. The van der Waals surface area contributed by atoms with Crippen LogP contribution in [0.25, 0.3) is 0 Å². The van der Waals surface area contributed by atoms with Gasteiger partial charge in [-0.15, -0.1) is 0 Å². The second-order valence-electron chi connectivity index (χ2n) is 13.6. The predicted octanol–water partition coefficient (Wildman–Crippen LogP) is 3.56. The van der Waals surface area contributed by atoms with Crippen LogP contribution in [0.1, 0.15) is 44.4 Å². The Hall–Kier alpha value is -5.24. The molecule has 0 spiro atoms. The Morgan fingerprint density at radius 3 is 2.24 bits per heavy atom. The number of carbonyl (C=O) groups excluding carboxylic acids is 5. The van der Waals surface area contributed by atoms with Gasteiger partial charge >= 0.3 is 18.2 Å². The van der Waals surface area contributed by atoms with Crippen LogP contribution in [0, 0.1) is 0 Å². The number of likely N-dealkylation sites (tertiary alicyclic amines) is 2. The number of carbonyl (C=O) groups is 5. The number of esters is 1. The second-order valence-corrected chi connectivity index (χ2v) is 15.1. The first-order valence-electron chi connectivity index (χ1n) is 16.6. The smallest absolute Gasteiger partial charge is 0.410 e. The number of fused-ring (bicyclic) bond motifs is 1. The third-order valence-electron chi connectivity index (χ3n) is 8.84. The summed E-state index contributed by atoms with van der Waals surface area (Å²) in [7, 11) is -1.77. The summed E-state index contributed by atoms with van der Waals surface area (Å²) < 4.78 is 30.3. The number of rotatable bonds is 9. The van der Waals surface area contributed by atoms with E-state index in [2.05, 4.69) is 11.9 Å². The molecule has 3 fully saturated rings. The molecule has 4 aliphatic heterocycles. The van der Waals surface area contributed by atoms with Crippen LogP contribution < -0.4 is 5.32 Å². The van der Waals surface area contributed by atoms with E-state index in [4.69, 9.17) is 14.2 Å². The van der Waals surface area contributed by atoms with Crippen molar-refractivity contribution in [3.05, 3.63) is 107 Å². The predicted molar refractivity (Wildman–Crippen MR) is 186 cm³/mol. The maximum atomic E-state index is 14.3. The zero-order valence-electron chi connectivity index (χ0n) is 28.6. The number of nitrogens with one attached hydrogen (secondary N) is 1. The van der Waals surface area contributed by atoms with E-state index in [0.29, 0.717) is 42.8 Å². The number of benzene rings is 2. The molecule has 0 bridgehead atoms. The SMILES string of the molecule is C=CCOC(=O)N1CC(N2CCC(=CC3=C(C(=O)OC(c4ccccc4)c4ccccc4)N4C(=O)[C@@H](NC(=O)OC(C)(C)C)[C@H]4[S@@](=O)C3)C2=O)C1. The molecule has 268 valence electrons. The number of ether oxygens (including phenoxy) is 3. The molecule has 51 heavy (non-hydrogen) atoms. The summed E-state index contributed by atoms with van der Waals surface area (Å²) in [4.78, 5) is 70.7. The number of hydrogen-bond acceptors (Lipinski definition) is 9. The van der Waals surface area contributed by atoms with Crippen LogP contribution in [0.3, 0.4) is 0 Å². The van der Waals surface area contributed by atoms with Crippen molar-refractivity contribution in [2.75, 3.05) is 32.0 Å². The van der Waals surface area contributed by atoms with Gasteiger partial charge in [-0.25, -0.2) is 14.4 Å². The second kappa shape index (κ2) is 14.5. The number of amides is 4. The van der Waals surface area contributed by atoms with Crippen LogP contribution in [-0.4, -0.2) is 104 Å². The highest BCUT2D eigenvalue weighted by Crippen LogP contribution is 2.39. The van der Waals surface area contributed by atoms with Crippen molar-refractivity contribution in [2.24, 2.45) is 0 Å². The summed E-state index contributed by atoms with van der Waals surface area (Å²) >= 11 is 0. The van der Waals surface area contributed by atoms with Gasteiger partial charge in [-0.3, -0.25) is 18.7 Å². The van der Waals surface area contributed by atoms with E-state index in [1.807, 2.05) is 60.7 Å². The van der Waals surface area contributed by atoms with Gasteiger partial charge in [0.1, 0.15) is 29.3 Å². The maximum absolute atomic E-state index is 14.3. The fraction of sp³-hybridized carbons (Fsp3) is 0.378. The molecule has 0 saturated carbocycles. The quantitative estimate of drug-likeness (QED) is 0.135. The molecule has 2 aromatic carbocycles. The minimum atomic E-state index is -1.77. The van der Waals surface area contributed by atoms with Gasteiger partial charge in [0.05, 0.1) is 22.6 Å². The third kappa shape index (κ3) is 7.46. The summed E-state index contributed by atoms with van der Waals surface area (Å²) in [6.07, 6.45) is 1.17. The lowest BCUT2D eigenvalue weighted by Gasteiger charge is -2.49. The molecule has 4 heterocycles. The summed E-state index contributed by atoms with van der Waals surface area (Å²) in [6.45, 7) is 9.68. The van der Waals surface area contributed by atoms with Gasteiger partial charge in [0.15, 0.2) is 6.10 Å². The molecule has 0 aliphatic carbocycles. The van der Waals surface area contributed by atoms with Crippen molar-refractivity contribution in [1.29, 1.82) is 0 Å². The largest absolute Gasteiger partial charge is 0.448 e. The fourth-order valence-corrected chi connectivity index (χ4v) is 8.07. The van der Waals surface area contributed by atoms with Gasteiger partial charge in [-0.2, -0.15) is 0 Å². The average Bonchev–Trinajstić information content (AvgIpc) is 3.42. The number of β-lactam (4-membered cyclic amide) rings is 1. The van der Waals surface area contributed by atoms with Gasteiger partial charge in [0.2, 0.25) is 5.91 Å². The molecule has 1 N–H and O–H groups in total. The third-order valence-corrected chi connectivity index (χ3v) is 10.5. The lowest BCUT2D eigenvalue weighted by Crippen LogP contribution is -2.73. The van der Waals surface area contributed by atoms with E-state index >= 15 is 0 Å². The topological polar surface area (TPSA) is 152 Å². The molecule has 2 aromatic rings. The zero-order valence-corrected chi connectivity index (χ0v) is 29.4. The molecule has 0 aromatic heterocycles. The Kier molecular flexibility index (Phi) is 10.1. The van der Waals surface area contributed by atoms with E-state index in [1.165, 1.54) is 17.1 Å². The molecule has 13 nitrogen and oxygen atoms in total. The Balaban J connectivity index is 1.30. The van der Waals surface area contributed by atoms with Crippen molar-refractivity contribution < 1.29 is 42.4 Å². The summed E-state index contributed by atoms with van der Waals surface area (Å²) in [5.41, 5.74) is 0.996. The van der Waals surface area contributed by atoms with E-state index in [0.717, 1.165) is 4.90 Å². The Morgan fingerprint density at radius 2 is 1.65 bits per heavy atom. The molecule has 4 aliphatic rings. The van der Waals surface area contributed by atoms with Crippen LogP contribution in [0.2, 0.25) is 0 Å². The zero-order chi connectivity index (χ0) is 36.4. The molecule has 14 heteroatoms. The molecule has 3 atom stereocenters. The monoisotopic (exact) mass is 716 g/mol. The van der Waals surface area contributed by atoms with E-state index in [-0.39, 0.29) is 35.6 Å². The number of nitrogens with zero attached hydrogens (tertiary/aromatic N) is 3. The van der Waals surface area contributed by atoms with E-state index in [9.17, 15) is 28.2 Å². The molecule has 4 amide bonds. The van der Waals surface area contributed by atoms with Crippen LogP contribution in [0.4, 0.5) is 9.59 Å². The Morgan fingerprint density at radius 1 is 1.02 bits per heavy atom. The van der Waals surface area contributed by atoms with Gasteiger partial charge in [-0.05, 0) is 50.0 Å². The van der Waals surface area contributed by atoms with Crippen molar-refractivity contribution in [1.82, 2.24) is 20.0 Å². The van der Waals surface area contributed by atoms with Gasteiger partial charge in [0.25, 0.3) is 5.91 Å². The molecular formula is C37H40N4O9S. The van der Waals surface area contributed by atoms with Crippen LogP contribution in [0.5, 0.6) is 0 Å². The Labute approximate surface area is 298 Å². The fourth-order valence-electron chi connectivity index (χ4n) is 6.44. The number of allylic oxidation sites excluding steroid dienone is 1. The molecule has 3 saturated heterocycles. The average molecular weight is 717 g/mol. The highest BCUT2D eigenvalue weighted by atomic mass is 32.2. The standard InChI is InChI=1S/C37H40N4O9S/c1-5-18-48-36(46)39-20-27(21-39)40-17-16-25(31(40)42)19-26-22-51(47)33-28(38-35(45)50-37(2,3)4)32(43)41(33)29(26)34(44)49-30(23-12-8-6-9-13-23)24-14-10-7-11-15-24/h5-15,19,27-28,30,33H,1,16-18,20-22H2,2-4H3,(H,38,45)/t28-,33-,51+/m1/s1. The van der Waals surface area contributed by atoms with Crippen molar-refractivity contribution in [2.45, 2.75) is 56.4 Å². The van der Waals surface area contributed by atoms with Gasteiger partial charge < -0.3 is 29.3 Å². The minimum Gasteiger partial charge on any atom is -0.448 e. The molecule has 6 rings (SSSR count). The highest BCUT2D eigenvalue weighted by molar-refractivity contribution is 7.86. The number of alkyl carbamates (subject to hydrolysis) is 1. The molecular weight excluding hydrogens is 676 g/mol. The normalized spacial score (nSPS) is 22.7. The molecule has 0 radical (unpaired) electrons.